The number of anilines is 1. The Morgan fingerprint density at radius 3 is 2.58 bits per heavy atom. The molecule has 0 saturated heterocycles. The predicted molar refractivity (Wildman–Crippen MR) is 96.4 cm³/mol. The van der Waals surface area contributed by atoms with Crippen LogP contribution in [0.2, 0.25) is 5.02 Å². The number of carbonyl (C=O) groups is 1. The average molecular weight is 376 g/mol. The molecule has 0 fully saturated rings. The Morgan fingerprint density at radius 2 is 1.79 bits per heavy atom. The Balaban J connectivity index is 1.88. The third kappa shape index (κ3) is 2.47. The highest BCUT2D eigenvalue weighted by Crippen LogP contribution is 2.42. The van der Waals surface area contributed by atoms with Crippen LogP contribution in [0.3, 0.4) is 0 Å². The van der Waals surface area contributed by atoms with Crippen LogP contribution in [0.15, 0.2) is 64.4 Å². The molecule has 1 heterocycles. The lowest BCUT2D eigenvalue weighted by atomic mass is 10.1. The first-order valence-electron chi connectivity index (χ1n) is 7.02. The summed E-state index contributed by atoms with van der Waals surface area (Å²) in [5, 5.41) is 1.62. The van der Waals surface area contributed by atoms with Gasteiger partial charge in [-0.1, -0.05) is 29.8 Å². The lowest BCUT2D eigenvalue weighted by Crippen LogP contribution is -2.13. The van der Waals surface area contributed by atoms with Crippen molar-refractivity contribution in [1.82, 2.24) is 0 Å². The topological polar surface area (TPSA) is 63.2 Å². The van der Waals surface area contributed by atoms with Crippen LogP contribution in [-0.4, -0.2) is 13.5 Å². The number of rotatable bonds is 3. The maximum atomic E-state index is 12.8. The summed E-state index contributed by atoms with van der Waals surface area (Å²) in [4.78, 5) is 12.9. The summed E-state index contributed by atoms with van der Waals surface area (Å²) in [7, 11) is -3.81. The second kappa shape index (κ2) is 5.51. The van der Waals surface area contributed by atoms with E-state index in [1.165, 1.54) is 6.07 Å². The molecule has 0 unspecified atom stereocenters. The van der Waals surface area contributed by atoms with E-state index < -0.39 is 10.0 Å². The number of halogens is 1. The van der Waals surface area contributed by atoms with Crippen LogP contribution >= 0.6 is 23.4 Å². The van der Waals surface area contributed by atoms with E-state index >= 15 is 0 Å². The molecule has 0 spiro atoms. The van der Waals surface area contributed by atoms with Gasteiger partial charge in [0.05, 0.1) is 10.6 Å². The Bertz CT molecular complexity index is 1110. The molecule has 0 saturated carbocycles. The van der Waals surface area contributed by atoms with Gasteiger partial charge in [0.2, 0.25) is 5.12 Å². The minimum absolute atomic E-state index is 0.0621. The van der Waals surface area contributed by atoms with Crippen LogP contribution in [0, 0.1) is 0 Å². The van der Waals surface area contributed by atoms with Gasteiger partial charge in [0.25, 0.3) is 10.0 Å². The molecule has 0 bridgehead atoms. The minimum Gasteiger partial charge on any atom is -0.281 e. The maximum Gasteiger partial charge on any atom is 0.262 e. The molecular weight excluding hydrogens is 366 g/mol. The third-order valence-corrected chi connectivity index (χ3v) is 6.39. The van der Waals surface area contributed by atoms with E-state index in [0.29, 0.717) is 27.0 Å². The summed E-state index contributed by atoms with van der Waals surface area (Å²) in [6.07, 6.45) is 0. The van der Waals surface area contributed by atoms with Crippen molar-refractivity contribution < 1.29 is 13.2 Å². The first-order chi connectivity index (χ1) is 11.5. The van der Waals surface area contributed by atoms with Crippen molar-refractivity contribution in [3.8, 4) is 0 Å². The minimum atomic E-state index is -3.81. The summed E-state index contributed by atoms with van der Waals surface area (Å²) < 4.78 is 28.1. The average Bonchev–Trinajstić information content (AvgIpc) is 2.85. The van der Waals surface area contributed by atoms with Gasteiger partial charge in [-0.15, -0.1) is 0 Å². The van der Waals surface area contributed by atoms with E-state index in [1.54, 1.807) is 48.5 Å². The fourth-order valence-corrected chi connectivity index (χ4v) is 5.14. The number of sulfonamides is 1. The number of nitrogens with one attached hydrogen (secondary N) is 1. The van der Waals surface area contributed by atoms with Crippen molar-refractivity contribution in [2.45, 2.75) is 9.79 Å². The summed E-state index contributed by atoms with van der Waals surface area (Å²) in [5.41, 5.74) is 0.934. The van der Waals surface area contributed by atoms with Crippen LogP contribution in [0.4, 0.5) is 5.69 Å². The molecule has 1 N–H and O–H groups in total. The monoisotopic (exact) mass is 375 g/mol. The highest BCUT2D eigenvalue weighted by Gasteiger charge is 2.27. The van der Waals surface area contributed by atoms with Gasteiger partial charge in [-0.05, 0) is 48.2 Å². The Kier molecular flexibility index (Phi) is 3.56. The predicted octanol–water partition coefficient (Wildman–Crippen LogP) is 4.54. The number of thioether (sulfide) groups is 1. The number of hydrogen-bond donors (Lipinski definition) is 1. The molecule has 3 aromatic carbocycles. The summed E-state index contributed by atoms with van der Waals surface area (Å²) in [6.45, 7) is 0. The van der Waals surface area contributed by atoms with E-state index in [9.17, 15) is 13.2 Å². The van der Waals surface area contributed by atoms with Gasteiger partial charge in [0, 0.05) is 26.3 Å². The van der Waals surface area contributed by atoms with E-state index in [0.717, 1.165) is 16.7 Å². The first-order valence-corrected chi connectivity index (χ1v) is 9.70. The van der Waals surface area contributed by atoms with Crippen molar-refractivity contribution in [3.63, 3.8) is 0 Å². The Hall–Kier alpha value is -2.02. The smallest absolute Gasteiger partial charge is 0.262 e. The van der Waals surface area contributed by atoms with Crippen LogP contribution < -0.4 is 4.72 Å². The zero-order valence-electron chi connectivity index (χ0n) is 12.1. The van der Waals surface area contributed by atoms with Crippen molar-refractivity contribution >= 4 is 55.0 Å². The normalized spacial score (nSPS) is 13.5. The molecule has 0 aromatic heterocycles. The second-order valence-electron chi connectivity index (χ2n) is 5.30. The molecule has 1 aliphatic heterocycles. The van der Waals surface area contributed by atoms with Crippen LogP contribution in [0.25, 0.3) is 10.8 Å². The number of hydrogen-bond acceptors (Lipinski definition) is 4. The van der Waals surface area contributed by atoms with Gasteiger partial charge in [-0.25, -0.2) is 8.42 Å². The quantitative estimate of drug-likeness (QED) is 0.730. The largest absolute Gasteiger partial charge is 0.281 e. The zero-order valence-corrected chi connectivity index (χ0v) is 14.5. The van der Waals surface area contributed by atoms with Crippen LogP contribution in [0.1, 0.15) is 10.4 Å². The molecule has 3 aromatic rings. The molecule has 0 aliphatic carbocycles. The molecular formula is C17H10ClNO3S2. The van der Waals surface area contributed by atoms with Gasteiger partial charge in [-0.3, -0.25) is 9.52 Å². The van der Waals surface area contributed by atoms with Crippen LogP contribution in [-0.2, 0) is 10.0 Å². The molecule has 4 nitrogen and oxygen atoms in total. The lowest BCUT2D eigenvalue weighted by Gasteiger charge is -2.11. The van der Waals surface area contributed by atoms with Crippen molar-refractivity contribution in [2.24, 2.45) is 0 Å². The molecule has 0 atom stereocenters. The molecule has 0 amide bonds. The van der Waals surface area contributed by atoms with Crippen molar-refractivity contribution in [1.29, 1.82) is 0 Å². The first kappa shape index (κ1) is 15.5. The van der Waals surface area contributed by atoms with Gasteiger partial charge in [-0.2, -0.15) is 0 Å². The summed E-state index contributed by atoms with van der Waals surface area (Å²) >= 11 is 7.03. The Morgan fingerprint density at radius 1 is 1.00 bits per heavy atom. The summed E-state index contributed by atoms with van der Waals surface area (Å²) in [6, 6.07) is 14.8. The van der Waals surface area contributed by atoms with Gasteiger partial charge in [0.15, 0.2) is 0 Å². The highest BCUT2D eigenvalue weighted by atomic mass is 35.5. The van der Waals surface area contributed by atoms with Crippen molar-refractivity contribution in [2.75, 3.05) is 4.72 Å². The molecule has 1 aliphatic rings. The van der Waals surface area contributed by atoms with Gasteiger partial charge in [0.1, 0.15) is 0 Å². The fourth-order valence-electron chi connectivity index (χ4n) is 2.75. The van der Waals surface area contributed by atoms with Crippen LogP contribution in [0.5, 0.6) is 0 Å². The Labute approximate surface area is 147 Å². The van der Waals surface area contributed by atoms with E-state index in [2.05, 4.69) is 4.72 Å². The highest BCUT2D eigenvalue weighted by molar-refractivity contribution is 8.14. The van der Waals surface area contributed by atoms with E-state index in [1.807, 2.05) is 0 Å². The number of carbonyl (C=O) groups excluding carboxylic acids is 1. The van der Waals surface area contributed by atoms with E-state index in [-0.39, 0.29) is 10.0 Å². The van der Waals surface area contributed by atoms with E-state index in [4.69, 9.17) is 11.6 Å². The molecule has 7 heteroatoms. The standard InChI is InChI=1S/C17H10ClNO3S2/c18-10-3-1-4-11(9-10)19-24(21,22)15-8-7-14-16-12(15)5-2-6-13(16)17(20)23-14/h1-9,19H. The molecule has 4 rings (SSSR count). The van der Waals surface area contributed by atoms with Gasteiger partial charge >= 0.3 is 0 Å². The molecule has 0 radical (unpaired) electrons. The second-order valence-corrected chi connectivity index (χ2v) is 8.40. The summed E-state index contributed by atoms with van der Waals surface area (Å²) in [5.74, 6) is 0. The SMILES string of the molecule is O=C1Sc2ccc(S(=O)(=O)Nc3cccc(Cl)c3)c3cccc1c23. The van der Waals surface area contributed by atoms with Crippen molar-refractivity contribution in [3.05, 3.63) is 65.2 Å². The molecule has 24 heavy (non-hydrogen) atoms. The molecule has 120 valence electrons. The zero-order chi connectivity index (χ0) is 16.9. The maximum absolute atomic E-state index is 12.8. The fraction of sp³-hybridized carbons (Fsp3) is 0. The van der Waals surface area contributed by atoms with Gasteiger partial charge < -0.3 is 0 Å². The lowest BCUT2D eigenvalue weighted by molar-refractivity contribution is 0.109. The third-order valence-electron chi connectivity index (χ3n) is 3.75. The number of benzene rings is 3.